The van der Waals surface area contributed by atoms with Gasteiger partial charge in [-0.15, -0.1) is 0 Å². The van der Waals surface area contributed by atoms with Gasteiger partial charge in [-0.2, -0.15) is 0 Å². The predicted molar refractivity (Wildman–Crippen MR) is 87.7 cm³/mol. The highest BCUT2D eigenvalue weighted by Crippen LogP contribution is 2.03. The fourth-order valence-corrected chi connectivity index (χ4v) is 2.56. The molecule has 1 aromatic rings. The predicted octanol–water partition coefficient (Wildman–Crippen LogP) is 0.957. The number of benzene rings is 1. The molecule has 2 rings (SSSR count). The zero-order valence-electron chi connectivity index (χ0n) is 13.5. The van der Waals surface area contributed by atoms with Crippen LogP contribution in [-0.4, -0.2) is 68.2 Å². The van der Waals surface area contributed by atoms with Crippen molar-refractivity contribution < 1.29 is 9.53 Å². The van der Waals surface area contributed by atoms with Crippen LogP contribution < -0.4 is 5.32 Å². The van der Waals surface area contributed by atoms with Gasteiger partial charge in [0.25, 0.3) is 0 Å². The average molecular weight is 305 g/mol. The van der Waals surface area contributed by atoms with Crippen LogP contribution in [0, 0.1) is 0 Å². The molecule has 0 aliphatic carbocycles. The lowest BCUT2D eigenvalue weighted by Gasteiger charge is -2.26. The Hall–Kier alpha value is -1.43. The van der Waals surface area contributed by atoms with E-state index in [2.05, 4.69) is 34.2 Å². The number of morpholine rings is 1. The monoisotopic (exact) mass is 305 g/mol. The Morgan fingerprint density at radius 1 is 1.27 bits per heavy atom. The molecule has 1 aliphatic rings. The van der Waals surface area contributed by atoms with E-state index in [4.69, 9.17) is 4.74 Å². The van der Waals surface area contributed by atoms with Crippen molar-refractivity contribution in [3.8, 4) is 0 Å². The fourth-order valence-electron chi connectivity index (χ4n) is 2.56. The Bertz CT molecular complexity index is 433. The number of nitrogens with zero attached hydrogens (tertiary/aromatic N) is 2. The van der Waals surface area contributed by atoms with Crippen molar-refractivity contribution in [1.82, 2.24) is 15.1 Å². The van der Waals surface area contributed by atoms with Crippen LogP contribution in [0.3, 0.4) is 0 Å². The van der Waals surface area contributed by atoms with Gasteiger partial charge in [-0.05, 0) is 12.1 Å². The second kappa shape index (κ2) is 9.56. The van der Waals surface area contributed by atoms with Crippen LogP contribution in [0.2, 0.25) is 0 Å². The highest BCUT2D eigenvalue weighted by Gasteiger charge is 2.12. The van der Waals surface area contributed by atoms with Crippen molar-refractivity contribution in [2.75, 3.05) is 52.5 Å². The van der Waals surface area contributed by atoms with Crippen molar-refractivity contribution in [2.45, 2.75) is 13.5 Å². The Morgan fingerprint density at radius 3 is 2.68 bits per heavy atom. The Labute approximate surface area is 133 Å². The average Bonchev–Trinajstić information content (AvgIpc) is 2.56. The van der Waals surface area contributed by atoms with Gasteiger partial charge in [0.15, 0.2) is 0 Å². The molecule has 0 radical (unpaired) electrons. The summed E-state index contributed by atoms with van der Waals surface area (Å²) in [5.41, 5.74) is 1.24. The molecule has 22 heavy (non-hydrogen) atoms. The lowest BCUT2D eigenvalue weighted by Crippen LogP contribution is -2.43. The molecule has 0 saturated carbocycles. The molecular formula is C17H27N3O2. The molecule has 0 atom stereocenters. The first kappa shape index (κ1) is 16.9. The number of carbonyl (C=O) groups excluding carboxylic acids is 1. The molecule has 5 nitrogen and oxygen atoms in total. The van der Waals surface area contributed by atoms with Crippen molar-refractivity contribution in [1.29, 1.82) is 0 Å². The quantitative estimate of drug-likeness (QED) is 0.777. The van der Waals surface area contributed by atoms with Gasteiger partial charge in [-0.1, -0.05) is 37.3 Å². The summed E-state index contributed by atoms with van der Waals surface area (Å²) in [4.78, 5) is 16.5. The highest BCUT2D eigenvalue weighted by molar-refractivity contribution is 5.77. The molecular weight excluding hydrogens is 278 g/mol. The molecule has 5 heteroatoms. The zero-order chi connectivity index (χ0) is 15.6. The summed E-state index contributed by atoms with van der Waals surface area (Å²) < 4.78 is 5.32. The molecule has 0 aromatic heterocycles. The first-order valence-corrected chi connectivity index (χ1v) is 8.11. The van der Waals surface area contributed by atoms with Gasteiger partial charge >= 0.3 is 0 Å². The third-order valence-corrected chi connectivity index (χ3v) is 3.92. The number of rotatable bonds is 8. The van der Waals surface area contributed by atoms with Crippen LogP contribution in [0.5, 0.6) is 0 Å². The summed E-state index contributed by atoms with van der Waals surface area (Å²) >= 11 is 0. The van der Waals surface area contributed by atoms with Crippen LogP contribution in [0.15, 0.2) is 30.3 Å². The summed E-state index contributed by atoms with van der Waals surface area (Å²) in [5.74, 6) is 0.103. The second-order valence-corrected chi connectivity index (χ2v) is 5.59. The molecule has 122 valence electrons. The molecule has 1 saturated heterocycles. The van der Waals surface area contributed by atoms with Gasteiger partial charge in [0.2, 0.25) is 5.91 Å². The van der Waals surface area contributed by atoms with E-state index in [0.717, 1.165) is 45.9 Å². The molecule has 0 bridgehead atoms. The normalized spacial score (nSPS) is 15.9. The van der Waals surface area contributed by atoms with E-state index >= 15 is 0 Å². The first-order chi connectivity index (χ1) is 10.8. The van der Waals surface area contributed by atoms with Crippen molar-refractivity contribution >= 4 is 5.91 Å². The summed E-state index contributed by atoms with van der Waals surface area (Å²) in [5, 5.41) is 3.02. The standard InChI is InChI=1S/C17H27N3O2/c1-2-19(14-16-6-4-3-5-7-16)15-17(21)18-8-9-20-10-12-22-13-11-20/h3-7H,2,8-15H2,1H3,(H,18,21). The van der Waals surface area contributed by atoms with Crippen LogP contribution >= 0.6 is 0 Å². The number of hydrogen-bond acceptors (Lipinski definition) is 4. The highest BCUT2D eigenvalue weighted by atomic mass is 16.5. The van der Waals surface area contributed by atoms with Crippen molar-refractivity contribution in [3.63, 3.8) is 0 Å². The van der Waals surface area contributed by atoms with Gasteiger partial charge < -0.3 is 10.1 Å². The zero-order valence-corrected chi connectivity index (χ0v) is 13.5. The fraction of sp³-hybridized carbons (Fsp3) is 0.588. The smallest absolute Gasteiger partial charge is 0.234 e. The molecule has 1 fully saturated rings. The third-order valence-electron chi connectivity index (χ3n) is 3.92. The number of carbonyl (C=O) groups is 1. The van der Waals surface area contributed by atoms with E-state index in [-0.39, 0.29) is 5.91 Å². The number of ether oxygens (including phenoxy) is 1. The topological polar surface area (TPSA) is 44.8 Å². The molecule has 1 heterocycles. The van der Waals surface area contributed by atoms with E-state index in [1.54, 1.807) is 0 Å². The maximum absolute atomic E-state index is 12.0. The minimum absolute atomic E-state index is 0.103. The second-order valence-electron chi connectivity index (χ2n) is 5.59. The Kier molecular flexibility index (Phi) is 7.36. The lowest BCUT2D eigenvalue weighted by molar-refractivity contribution is -0.122. The van der Waals surface area contributed by atoms with E-state index in [0.29, 0.717) is 13.1 Å². The van der Waals surface area contributed by atoms with Gasteiger partial charge in [0.05, 0.1) is 19.8 Å². The summed E-state index contributed by atoms with van der Waals surface area (Å²) in [6.45, 7) is 9.36. The number of nitrogens with one attached hydrogen (secondary N) is 1. The molecule has 1 aromatic carbocycles. The van der Waals surface area contributed by atoms with Crippen LogP contribution in [0.4, 0.5) is 0 Å². The summed E-state index contributed by atoms with van der Waals surface area (Å²) in [6.07, 6.45) is 0. The van der Waals surface area contributed by atoms with Crippen molar-refractivity contribution in [3.05, 3.63) is 35.9 Å². The number of amides is 1. The van der Waals surface area contributed by atoms with Crippen molar-refractivity contribution in [2.24, 2.45) is 0 Å². The lowest BCUT2D eigenvalue weighted by atomic mass is 10.2. The van der Waals surface area contributed by atoms with E-state index in [1.807, 2.05) is 18.2 Å². The Morgan fingerprint density at radius 2 is 2.00 bits per heavy atom. The summed E-state index contributed by atoms with van der Waals surface area (Å²) in [7, 11) is 0. The number of likely N-dealkylation sites (N-methyl/N-ethyl adjacent to an activating group) is 1. The Balaban J connectivity index is 1.65. The number of hydrogen-bond donors (Lipinski definition) is 1. The first-order valence-electron chi connectivity index (χ1n) is 8.11. The molecule has 1 N–H and O–H groups in total. The summed E-state index contributed by atoms with van der Waals surface area (Å²) in [6, 6.07) is 10.3. The SMILES string of the molecule is CCN(CC(=O)NCCN1CCOCC1)Cc1ccccc1. The maximum Gasteiger partial charge on any atom is 0.234 e. The van der Waals surface area contributed by atoms with Crippen LogP contribution in [0.25, 0.3) is 0 Å². The molecule has 0 spiro atoms. The minimum Gasteiger partial charge on any atom is -0.379 e. The molecule has 1 amide bonds. The third kappa shape index (κ3) is 6.13. The van der Waals surface area contributed by atoms with E-state index in [1.165, 1.54) is 5.56 Å². The van der Waals surface area contributed by atoms with E-state index < -0.39 is 0 Å². The van der Waals surface area contributed by atoms with Gasteiger partial charge in [0, 0.05) is 32.7 Å². The minimum atomic E-state index is 0.103. The van der Waals surface area contributed by atoms with Gasteiger partial charge in [0.1, 0.15) is 0 Å². The molecule has 1 aliphatic heterocycles. The van der Waals surface area contributed by atoms with E-state index in [9.17, 15) is 4.79 Å². The van der Waals surface area contributed by atoms with Crippen LogP contribution in [0.1, 0.15) is 12.5 Å². The maximum atomic E-state index is 12.0. The van der Waals surface area contributed by atoms with Gasteiger partial charge in [-0.25, -0.2) is 0 Å². The van der Waals surface area contributed by atoms with Crippen LogP contribution in [-0.2, 0) is 16.1 Å². The molecule has 0 unspecified atom stereocenters. The van der Waals surface area contributed by atoms with Gasteiger partial charge in [-0.3, -0.25) is 14.6 Å². The largest absolute Gasteiger partial charge is 0.379 e.